The van der Waals surface area contributed by atoms with Crippen molar-refractivity contribution < 1.29 is 23.9 Å². The smallest absolute Gasteiger partial charge is 0.408 e. The number of fused-ring (bicyclic) bond motifs is 1. The summed E-state index contributed by atoms with van der Waals surface area (Å²) in [6, 6.07) is 4.12. The van der Waals surface area contributed by atoms with Crippen LogP contribution in [0, 0.1) is 5.92 Å². The van der Waals surface area contributed by atoms with Crippen molar-refractivity contribution >= 4 is 23.4 Å². The van der Waals surface area contributed by atoms with E-state index in [9.17, 15) is 19.2 Å². The third-order valence-corrected chi connectivity index (χ3v) is 4.67. The Balaban J connectivity index is 2.33. The highest BCUT2D eigenvalue weighted by molar-refractivity contribution is 6.28. The average Bonchev–Trinajstić information content (AvgIpc) is 2.62. The number of allylic oxidation sites excluding steroid dienone is 1. The number of nitrogens with two attached hydrogens (primary N) is 1. The number of Topliss-reactive ketones (excluding diaryl/α,β-unsaturated/α-hetero) is 3. The van der Waals surface area contributed by atoms with Crippen LogP contribution in [-0.4, -0.2) is 41.1 Å². The topological polar surface area (TPSA) is 116 Å². The minimum absolute atomic E-state index is 0.0321. The van der Waals surface area contributed by atoms with E-state index in [0.29, 0.717) is 5.56 Å². The molecule has 0 heterocycles. The van der Waals surface area contributed by atoms with E-state index < -0.39 is 35.3 Å². The monoisotopic (exact) mass is 400 g/mol. The van der Waals surface area contributed by atoms with Crippen LogP contribution < -0.4 is 11.1 Å². The van der Waals surface area contributed by atoms with Crippen molar-refractivity contribution in [2.24, 2.45) is 11.7 Å². The van der Waals surface area contributed by atoms with Gasteiger partial charge in [0.15, 0.2) is 17.3 Å². The van der Waals surface area contributed by atoms with Crippen LogP contribution in [-0.2, 0) is 9.53 Å². The summed E-state index contributed by atoms with van der Waals surface area (Å²) in [4.78, 5) is 50.9. The average molecular weight is 400 g/mol. The van der Waals surface area contributed by atoms with Crippen molar-refractivity contribution in [3.8, 4) is 0 Å². The lowest BCUT2D eigenvalue weighted by Gasteiger charge is -2.28. The van der Waals surface area contributed by atoms with E-state index in [2.05, 4.69) is 5.32 Å². The number of benzene rings is 1. The molecular formula is C22H28N2O5. The van der Waals surface area contributed by atoms with Gasteiger partial charge in [-0.2, -0.15) is 0 Å². The minimum Gasteiger partial charge on any atom is -0.444 e. The van der Waals surface area contributed by atoms with Crippen LogP contribution in [0.15, 0.2) is 35.4 Å². The molecule has 0 bridgehead atoms. The Labute approximate surface area is 170 Å². The van der Waals surface area contributed by atoms with E-state index in [1.54, 1.807) is 52.8 Å². The first kappa shape index (κ1) is 22.5. The van der Waals surface area contributed by atoms with Crippen LogP contribution in [0.4, 0.5) is 4.79 Å². The number of ether oxygens (including phenoxy) is 1. The van der Waals surface area contributed by atoms with Gasteiger partial charge < -0.3 is 15.8 Å². The number of hydrogen-bond donors (Lipinski definition) is 2. The molecular weight excluding hydrogens is 372 g/mol. The zero-order chi connectivity index (χ0) is 22.1. The van der Waals surface area contributed by atoms with Gasteiger partial charge in [-0.3, -0.25) is 14.4 Å². The van der Waals surface area contributed by atoms with Gasteiger partial charge in [-0.15, -0.1) is 0 Å². The van der Waals surface area contributed by atoms with E-state index >= 15 is 0 Å². The normalized spacial score (nSPS) is 16.4. The van der Waals surface area contributed by atoms with E-state index in [1.165, 1.54) is 13.0 Å². The molecule has 2 atom stereocenters. The van der Waals surface area contributed by atoms with Crippen molar-refractivity contribution in [2.45, 2.75) is 59.2 Å². The fraction of sp³-hybridized carbons (Fsp3) is 0.455. The number of hydrogen-bond acceptors (Lipinski definition) is 6. The maximum Gasteiger partial charge on any atom is 0.408 e. The summed E-state index contributed by atoms with van der Waals surface area (Å²) in [5.41, 5.74) is 6.07. The first-order chi connectivity index (χ1) is 13.3. The van der Waals surface area contributed by atoms with Gasteiger partial charge in [0.05, 0.1) is 12.1 Å². The molecule has 1 aromatic rings. The molecule has 2 rings (SSSR count). The fourth-order valence-corrected chi connectivity index (χ4v) is 3.23. The van der Waals surface area contributed by atoms with Gasteiger partial charge in [0.1, 0.15) is 5.60 Å². The predicted molar refractivity (Wildman–Crippen MR) is 109 cm³/mol. The van der Waals surface area contributed by atoms with Crippen LogP contribution in [0.2, 0.25) is 0 Å². The molecule has 1 amide bonds. The Kier molecular flexibility index (Phi) is 6.43. The van der Waals surface area contributed by atoms with Gasteiger partial charge in [0.25, 0.3) is 0 Å². The summed E-state index contributed by atoms with van der Waals surface area (Å²) in [7, 11) is 0. The summed E-state index contributed by atoms with van der Waals surface area (Å²) in [6.07, 6.45) is -0.751. The molecule has 3 N–H and O–H groups in total. The molecule has 0 saturated carbocycles. The maximum absolute atomic E-state index is 13.1. The van der Waals surface area contributed by atoms with Gasteiger partial charge in [-0.05, 0) is 33.6 Å². The van der Waals surface area contributed by atoms with Crippen molar-refractivity contribution in [3.63, 3.8) is 0 Å². The molecule has 1 unspecified atom stereocenters. The molecule has 0 aromatic heterocycles. The van der Waals surface area contributed by atoms with E-state index in [0.717, 1.165) is 0 Å². The van der Waals surface area contributed by atoms with Crippen LogP contribution in [0.1, 0.15) is 62.3 Å². The number of amides is 1. The largest absolute Gasteiger partial charge is 0.444 e. The van der Waals surface area contributed by atoms with Gasteiger partial charge in [0, 0.05) is 22.3 Å². The molecule has 7 heteroatoms. The van der Waals surface area contributed by atoms with Crippen LogP contribution in [0.3, 0.4) is 0 Å². The minimum atomic E-state index is -1.35. The Morgan fingerprint density at radius 3 is 2.03 bits per heavy atom. The molecule has 1 aliphatic rings. The van der Waals surface area contributed by atoms with Crippen molar-refractivity contribution in [2.75, 3.05) is 0 Å². The highest BCUT2D eigenvalue weighted by atomic mass is 16.6. The standard InChI is InChI=1S/C22H28N2O5/c1-11(2)17(24-21(28)29-22(4,5)6)20(27)16(23)15-12(3)18(25)13-9-7-8-10-14(13)19(15)26/h7-11,16-17H,23H2,1-6H3,(H,24,28)/t16?,17-/m1/s1. The maximum atomic E-state index is 13.1. The van der Waals surface area contributed by atoms with E-state index in [-0.39, 0.29) is 28.4 Å². The first-order valence-electron chi connectivity index (χ1n) is 9.53. The lowest BCUT2D eigenvalue weighted by molar-refractivity contribution is -0.122. The van der Waals surface area contributed by atoms with Crippen LogP contribution in [0.5, 0.6) is 0 Å². The summed E-state index contributed by atoms with van der Waals surface area (Å²) < 4.78 is 5.22. The molecule has 7 nitrogen and oxygen atoms in total. The number of rotatable bonds is 5. The molecule has 0 aliphatic heterocycles. The molecule has 0 radical (unpaired) electrons. The molecule has 0 spiro atoms. The summed E-state index contributed by atoms with van der Waals surface area (Å²) in [6.45, 7) is 10.1. The molecule has 0 fully saturated rings. The summed E-state index contributed by atoms with van der Waals surface area (Å²) in [5, 5.41) is 2.54. The lowest BCUT2D eigenvalue weighted by atomic mass is 9.79. The third kappa shape index (κ3) is 4.79. The zero-order valence-electron chi connectivity index (χ0n) is 17.7. The van der Waals surface area contributed by atoms with Crippen molar-refractivity contribution in [3.05, 3.63) is 46.5 Å². The second kappa shape index (κ2) is 8.29. The predicted octanol–water partition coefficient (Wildman–Crippen LogP) is 2.83. The summed E-state index contributed by atoms with van der Waals surface area (Å²) in [5.74, 6) is -1.64. The second-order valence-corrected chi connectivity index (χ2v) is 8.49. The molecule has 156 valence electrons. The van der Waals surface area contributed by atoms with E-state index in [4.69, 9.17) is 10.5 Å². The quantitative estimate of drug-likeness (QED) is 0.785. The molecule has 1 aromatic carbocycles. The van der Waals surface area contributed by atoms with Gasteiger partial charge in [-0.1, -0.05) is 38.1 Å². The van der Waals surface area contributed by atoms with Gasteiger partial charge in [-0.25, -0.2) is 4.79 Å². The number of alkyl carbamates (subject to hydrolysis) is 1. The third-order valence-electron chi connectivity index (χ3n) is 4.67. The van der Waals surface area contributed by atoms with Gasteiger partial charge >= 0.3 is 6.09 Å². The number of carbonyl (C=O) groups is 4. The number of nitrogens with one attached hydrogen (secondary N) is 1. The van der Waals surface area contributed by atoms with Gasteiger partial charge in [0.2, 0.25) is 0 Å². The van der Waals surface area contributed by atoms with Crippen molar-refractivity contribution in [1.29, 1.82) is 0 Å². The Hall–Kier alpha value is -2.80. The van der Waals surface area contributed by atoms with E-state index in [1.807, 2.05) is 0 Å². The zero-order valence-corrected chi connectivity index (χ0v) is 17.7. The molecule has 0 saturated heterocycles. The Morgan fingerprint density at radius 1 is 1.03 bits per heavy atom. The highest BCUT2D eigenvalue weighted by Crippen LogP contribution is 2.28. The summed E-state index contributed by atoms with van der Waals surface area (Å²) >= 11 is 0. The fourth-order valence-electron chi connectivity index (χ4n) is 3.23. The second-order valence-electron chi connectivity index (χ2n) is 8.49. The molecule has 1 aliphatic carbocycles. The Morgan fingerprint density at radius 2 is 1.55 bits per heavy atom. The molecule has 29 heavy (non-hydrogen) atoms. The Bertz CT molecular complexity index is 893. The number of ketones is 3. The first-order valence-corrected chi connectivity index (χ1v) is 9.53. The highest BCUT2D eigenvalue weighted by Gasteiger charge is 2.38. The van der Waals surface area contributed by atoms with Crippen molar-refractivity contribution in [1.82, 2.24) is 5.32 Å². The SMILES string of the molecule is CC1=C(C(N)C(=O)[C@H](NC(=O)OC(C)(C)C)C(C)C)C(=O)c2ccccc2C1=O. The van der Waals surface area contributed by atoms with Crippen LogP contribution >= 0.6 is 0 Å². The van der Waals surface area contributed by atoms with Crippen LogP contribution in [0.25, 0.3) is 0 Å². The lowest BCUT2D eigenvalue weighted by Crippen LogP contribution is -2.53. The number of carbonyl (C=O) groups excluding carboxylic acids is 4.